The minimum Gasteiger partial charge on any atom is -0.410 e. The van der Waals surface area contributed by atoms with Crippen LogP contribution in [0.3, 0.4) is 0 Å². The first kappa shape index (κ1) is 13.8. The van der Waals surface area contributed by atoms with Crippen LogP contribution in [0.25, 0.3) is 0 Å². The van der Waals surface area contributed by atoms with Gasteiger partial charge in [0.15, 0.2) is 0 Å². The zero-order chi connectivity index (χ0) is 14.5. The number of nitro groups is 1. The molecule has 0 saturated carbocycles. The third kappa shape index (κ3) is 3.66. The Bertz CT molecular complexity index is 628. The van der Waals surface area contributed by atoms with E-state index < -0.39 is 11.0 Å². The van der Waals surface area contributed by atoms with Crippen LogP contribution < -0.4 is 10.1 Å². The number of ether oxygens (including phenoxy) is 1. The van der Waals surface area contributed by atoms with Crippen LogP contribution in [0.1, 0.15) is 0 Å². The Morgan fingerprint density at radius 3 is 2.50 bits per heavy atom. The number of hydrogen-bond donors (Lipinski definition) is 1. The Kier molecular flexibility index (Phi) is 4.11. The highest BCUT2D eigenvalue weighted by Crippen LogP contribution is 2.16. The zero-order valence-electron chi connectivity index (χ0n) is 9.95. The van der Waals surface area contributed by atoms with Gasteiger partial charge in [0, 0.05) is 11.1 Å². The first-order valence-corrected chi connectivity index (χ1v) is 5.77. The summed E-state index contributed by atoms with van der Waals surface area (Å²) in [5, 5.41) is 13.3. The summed E-state index contributed by atoms with van der Waals surface area (Å²) in [4.78, 5) is 25.1. The molecule has 0 aliphatic heterocycles. The number of nitrogens with zero attached hydrogens (tertiary/aromatic N) is 2. The molecule has 1 amide bonds. The molecular formula is C12H8ClN3O4. The van der Waals surface area contributed by atoms with Crippen LogP contribution in [0.4, 0.5) is 16.3 Å². The largest absolute Gasteiger partial charge is 0.418 e. The van der Waals surface area contributed by atoms with E-state index in [2.05, 4.69) is 10.3 Å². The Morgan fingerprint density at radius 2 is 1.95 bits per heavy atom. The van der Waals surface area contributed by atoms with Gasteiger partial charge in [-0.15, -0.1) is 0 Å². The summed E-state index contributed by atoms with van der Waals surface area (Å²) in [5.74, 6) is 0.461. The monoisotopic (exact) mass is 293 g/mol. The van der Waals surface area contributed by atoms with Crippen molar-refractivity contribution in [3.05, 3.63) is 57.7 Å². The van der Waals surface area contributed by atoms with Gasteiger partial charge in [-0.05, 0) is 30.3 Å². The molecule has 1 aromatic heterocycles. The quantitative estimate of drug-likeness (QED) is 0.692. The maximum atomic E-state index is 11.5. The van der Waals surface area contributed by atoms with E-state index in [1.807, 2.05) is 0 Å². The van der Waals surface area contributed by atoms with Gasteiger partial charge in [-0.3, -0.25) is 15.4 Å². The topological polar surface area (TPSA) is 94.4 Å². The molecule has 7 nitrogen and oxygen atoms in total. The molecule has 0 aliphatic rings. The molecule has 0 fully saturated rings. The molecule has 2 rings (SSSR count). The van der Waals surface area contributed by atoms with Crippen LogP contribution in [0.2, 0.25) is 5.02 Å². The number of amides is 1. The number of pyridine rings is 1. The highest BCUT2D eigenvalue weighted by Gasteiger charge is 2.09. The summed E-state index contributed by atoms with van der Waals surface area (Å²) in [6.07, 6.45) is 0.284. The van der Waals surface area contributed by atoms with E-state index in [4.69, 9.17) is 16.3 Å². The molecule has 20 heavy (non-hydrogen) atoms. The van der Waals surface area contributed by atoms with Crippen molar-refractivity contribution in [1.29, 1.82) is 0 Å². The van der Waals surface area contributed by atoms with E-state index in [0.29, 0.717) is 10.8 Å². The van der Waals surface area contributed by atoms with Gasteiger partial charge in [0.1, 0.15) is 17.8 Å². The second kappa shape index (κ2) is 5.98. The molecule has 8 heteroatoms. The van der Waals surface area contributed by atoms with Crippen molar-refractivity contribution in [1.82, 2.24) is 4.98 Å². The molecule has 1 aromatic carbocycles. The van der Waals surface area contributed by atoms with Gasteiger partial charge in [-0.1, -0.05) is 11.6 Å². The van der Waals surface area contributed by atoms with Gasteiger partial charge >= 0.3 is 6.09 Å². The Labute approximate surface area is 118 Å². The lowest BCUT2D eigenvalue weighted by Gasteiger charge is -2.05. The maximum absolute atomic E-state index is 11.5. The number of carbonyl (C=O) groups excluding carboxylic acids is 1. The lowest BCUT2D eigenvalue weighted by molar-refractivity contribution is -0.385. The Hall–Kier alpha value is -2.67. The molecule has 102 valence electrons. The highest BCUT2D eigenvalue weighted by atomic mass is 35.5. The number of nitrogens with one attached hydrogen (secondary N) is 1. The smallest absolute Gasteiger partial charge is 0.410 e. The summed E-state index contributed by atoms with van der Waals surface area (Å²) in [6.45, 7) is 0. The van der Waals surface area contributed by atoms with Crippen molar-refractivity contribution >= 4 is 29.2 Å². The number of benzene rings is 1. The molecule has 0 bridgehead atoms. The van der Waals surface area contributed by atoms with Crippen molar-refractivity contribution in [3.8, 4) is 5.75 Å². The van der Waals surface area contributed by atoms with E-state index >= 15 is 0 Å². The Morgan fingerprint density at radius 1 is 1.25 bits per heavy atom. The lowest BCUT2D eigenvalue weighted by atomic mass is 10.3. The molecule has 2 aromatic rings. The van der Waals surface area contributed by atoms with Crippen LogP contribution in [0, 0.1) is 10.1 Å². The predicted octanol–water partition coefficient (Wildman–Crippen LogP) is 3.25. The summed E-state index contributed by atoms with van der Waals surface area (Å²) in [6, 6.07) is 8.76. The number of rotatable bonds is 3. The van der Waals surface area contributed by atoms with Crippen LogP contribution in [-0.2, 0) is 0 Å². The first-order chi connectivity index (χ1) is 9.54. The van der Waals surface area contributed by atoms with Gasteiger partial charge in [0.25, 0.3) is 5.69 Å². The number of hydrogen-bond acceptors (Lipinski definition) is 5. The molecule has 1 N–H and O–H groups in total. The zero-order valence-corrected chi connectivity index (χ0v) is 10.7. The van der Waals surface area contributed by atoms with Gasteiger partial charge < -0.3 is 4.74 Å². The van der Waals surface area contributed by atoms with Crippen LogP contribution in [0.15, 0.2) is 42.6 Å². The van der Waals surface area contributed by atoms with E-state index in [0.717, 1.165) is 6.20 Å². The minimum absolute atomic E-state index is 0.148. The normalized spacial score (nSPS) is 9.85. The van der Waals surface area contributed by atoms with E-state index in [1.165, 1.54) is 24.3 Å². The third-order valence-electron chi connectivity index (χ3n) is 2.21. The van der Waals surface area contributed by atoms with E-state index in [9.17, 15) is 14.9 Å². The predicted molar refractivity (Wildman–Crippen MR) is 72.0 cm³/mol. The van der Waals surface area contributed by atoms with Crippen LogP contribution in [0.5, 0.6) is 5.75 Å². The second-order valence-corrected chi connectivity index (χ2v) is 4.06. The highest BCUT2D eigenvalue weighted by molar-refractivity contribution is 6.30. The van der Waals surface area contributed by atoms with E-state index in [-0.39, 0.29) is 11.5 Å². The molecule has 0 unspecified atom stereocenters. The fraction of sp³-hybridized carbons (Fsp3) is 0. The first-order valence-electron chi connectivity index (χ1n) is 5.39. The third-order valence-corrected chi connectivity index (χ3v) is 2.46. The number of halogens is 1. The van der Waals surface area contributed by atoms with Gasteiger partial charge in [0.2, 0.25) is 0 Å². The second-order valence-electron chi connectivity index (χ2n) is 3.63. The van der Waals surface area contributed by atoms with E-state index in [1.54, 1.807) is 12.1 Å². The van der Waals surface area contributed by atoms with Crippen LogP contribution in [-0.4, -0.2) is 16.0 Å². The summed E-state index contributed by atoms with van der Waals surface area (Å²) in [7, 11) is 0. The van der Waals surface area contributed by atoms with Gasteiger partial charge in [-0.2, -0.15) is 0 Å². The fourth-order valence-corrected chi connectivity index (χ4v) is 1.43. The standard InChI is InChI=1S/C12H8ClN3O4/c13-8-1-4-10(5-2-8)20-12(17)15-11-6-3-9(7-14-11)16(18)19/h1-7H,(H,14,15,17). The van der Waals surface area contributed by atoms with Crippen molar-refractivity contribution in [3.63, 3.8) is 0 Å². The Balaban J connectivity index is 1.97. The number of carbonyl (C=O) groups is 1. The molecule has 1 heterocycles. The summed E-state index contributed by atoms with van der Waals surface area (Å²) in [5.41, 5.74) is -0.165. The summed E-state index contributed by atoms with van der Waals surface area (Å²) >= 11 is 5.70. The van der Waals surface area contributed by atoms with Crippen molar-refractivity contribution in [2.45, 2.75) is 0 Å². The number of aromatic nitrogens is 1. The minimum atomic E-state index is -0.756. The molecule has 0 radical (unpaired) electrons. The van der Waals surface area contributed by atoms with Gasteiger partial charge in [0.05, 0.1) is 4.92 Å². The molecule has 0 spiro atoms. The SMILES string of the molecule is O=C(Nc1ccc([N+](=O)[O-])cn1)Oc1ccc(Cl)cc1. The number of anilines is 1. The molecule has 0 atom stereocenters. The van der Waals surface area contributed by atoms with Crippen molar-refractivity contribution in [2.75, 3.05) is 5.32 Å². The van der Waals surface area contributed by atoms with Crippen molar-refractivity contribution < 1.29 is 14.5 Å². The fourth-order valence-electron chi connectivity index (χ4n) is 1.31. The molecule has 0 saturated heterocycles. The van der Waals surface area contributed by atoms with Crippen LogP contribution >= 0.6 is 11.6 Å². The van der Waals surface area contributed by atoms with Gasteiger partial charge in [-0.25, -0.2) is 9.78 Å². The molecule has 0 aliphatic carbocycles. The average Bonchev–Trinajstić information content (AvgIpc) is 2.42. The van der Waals surface area contributed by atoms with Crippen molar-refractivity contribution in [2.24, 2.45) is 0 Å². The maximum Gasteiger partial charge on any atom is 0.418 e. The average molecular weight is 294 g/mol. The molecular weight excluding hydrogens is 286 g/mol. The lowest BCUT2D eigenvalue weighted by Crippen LogP contribution is -2.17. The summed E-state index contributed by atoms with van der Waals surface area (Å²) < 4.78 is 4.97.